The minimum absolute atomic E-state index is 0.0334. The standard InChI is InChI=1S/C30H38O15/c1-4-41-29-30(39,16-7-8-17(32)18(33)12-16)27(45-28-25(38)24(37)23(36)14(2)42-28)26(21(13-31)43-29)44-22(35)10-6-15-5-9-20(40-3)19(34)11-15/h5-12,14,21,23-29,31-34,36-39H,4,13H2,1-3H3/b10-6+/t14-,21+,23-,24+,25+,26+,27-,28-,29+,30+/m0/s1. The number of carbonyl (C=O) groups is 1. The summed E-state index contributed by atoms with van der Waals surface area (Å²) in [6.07, 6.45) is -12.0. The number of esters is 1. The van der Waals surface area contributed by atoms with Gasteiger partial charge in [-0.15, -0.1) is 0 Å². The second-order valence-electron chi connectivity index (χ2n) is 10.6. The van der Waals surface area contributed by atoms with Crippen molar-refractivity contribution >= 4 is 12.0 Å². The van der Waals surface area contributed by atoms with Gasteiger partial charge in [-0.2, -0.15) is 0 Å². The van der Waals surface area contributed by atoms with Gasteiger partial charge in [-0.1, -0.05) is 12.1 Å². The maximum atomic E-state index is 13.1. The molecular weight excluding hydrogens is 600 g/mol. The van der Waals surface area contributed by atoms with E-state index >= 15 is 0 Å². The van der Waals surface area contributed by atoms with Gasteiger partial charge in [0.25, 0.3) is 0 Å². The lowest BCUT2D eigenvalue weighted by atomic mass is 9.80. The number of phenols is 3. The van der Waals surface area contributed by atoms with Crippen molar-refractivity contribution in [1.29, 1.82) is 0 Å². The number of hydrogen-bond acceptors (Lipinski definition) is 15. The Kier molecular flexibility index (Phi) is 10.9. The lowest BCUT2D eigenvalue weighted by Gasteiger charge is -2.52. The molecule has 2 aliphatic rings. The molecule has 0 spiro atoms. The van der Waals surface area contributed by atoms with Gasteiger partial charge in [0.05, 0.1) is 19.8 Å². The third kappa shape index (κ3) is 7.01. The third-order valence-corrected chi connectivity index (χ3v) is 7.65. The van der Waals surface area contributed by atoms with Gasteiger partial charge in [-0.25, -0.2) is 4.79 Å². The molecular formula is C30H38O15. The second kappa shape index (κ2) is 14.3. The highest BCUT2D eigenvalue weighted by molar-refractivity contribution is 5.87. The fourth-order valence-electron chi connectivity index (χ4n) is 5.19. The summed E-state index contributed by atoms with van der Waals surface area (Å²) >= 11 is 0. The molecule has 4 rings (SSSR count). The Bertz CT molecular complexity index is 1350. The van der Waals surface area contributed by atoms with E-state index in [1.807, 2.05) is 0 Å². The van der Waals surface area contributed by atoms with Crippen molar-refractivity contribution in [2.75, 3.05) is 20.3 Å². The third-order valence-electron chi connectivity index (χ3n) is 7.65. The number of carbonyl (C=O) groups excluding carboxylic acids is 1. The molecule has 0 bridgehead atoms. The van der Waals surface area contributed by atoms with Gasteiger partial charge in [-0.05, 0) is 55.3 Å². The van der Waals surface area contributed by atoms with Crippen LogP contribution >= 0.6 is 0 Å². The van der Waals surface area contributed by atoms with E-state index in [0.717, 1.165) is 18.2 Å². The molecule has 15 nitrogen and oxygen atoms in total. The molecule has 2 fully saturated rings. The molecule has 45 heavy (non-hydrogen) atoms. The molecule has 2 aliphatic heterocycles. The van der Waals surface area contributed by atoms with Crippen LogP contribution in [-0.2, 0) is 34.1 Å². The Morgan fingerprint density at radius 3 is 2.33 bits per heavy atom. The van der Waals surface area contributed by atoms with E-state index in [2.05, 4.69) is 0 Å². The largest absolute Gasteiger partial charge is 0.504 e. The van der Waals surface area contributed by atoms with Crippen LogP contribution in [0, 0.1) is 0 Å². The molecule has 0 radical (unpaired) electrons. The van der Waals surface area contributed by atoms with Gasteiger partial charge in [0, 0.05) is 12.7 Å². The Hall–Kier alpha value is -3.51. The van der Waals surface area contributed by atoms with Crippen molar-refractivity contribution in [3.05, 3.63) is 53.6 Å². The highest BCUT2D eigenvalue weighted by Gasteiger charge is 2.61. The van der Waals surface area contributed by atoms with Gasteiger partial charge in [0.1, 0.15) is 30.5 Å². The SMILES string of the molecule is CCO[C@@H]1O[C@H](CO)[C@@H](OC(=O)/C=C/c2ccc(OC)c(O)c2)[C@H](O[C@@H]2O[C@@H](C)[C@H](O)[C@@H](O)[C@H]2O)[C@]1(O)c1ccc(O)c(O)c1. The Labute approximate surface area is 258 Å². The number of ether oxygens (including phenoxy) is 6. The van der Waals surface area contributed by atoms with Crippen molar-refractivity contribution in [2.24, 2.45) is 0 Å². The van der Waals surface area contributed by atoms with E-state index in [9.17, 15) is 45.6 Å². The number of rotatable bonds is 10. The van der Waals surface area contributed by atoms with Crippen LogP contribution in [0.3, 0.4) is 0 Å². The fourth-order valence-corrected chi connectivity index (χ4v) is 5.19. The lowest BCUT2D eigenvalue weighted by Crippen LogP contribution is -2.69. The van der Waals surface area contributed by atoms with Gasteiger partial charge in [0.15, 0.2) is 47.3 Å². The first-order valence-electron chi connectivity index (χ1n) is 14.1. The molecule has 2 saturated heterocycles. The van der Waals surface area contributed by atoms with Gasteiger partial charge < -0.3 is 69.3 Å². The number of methoxy groups -OCH3 is 1. The Balaban J connectivity index is 1.76. The van der Waals surface area contributed by atoms with Crippen LogP contribution in [0.25, 0.3) is 6.08 Å². The number of aliphatic hydroxyl groups excluding tert-OH is 4. The summed E-state index contributed by atoms with van der Waals surface area (Å²) in [7, 11) is 1.38. The molecule has 10 atom stereocenters. The molecule has 0 aromatic heterocycles. The van der Waals surface area contributed by atoms with E-state index in [-0.39, 0.29) is 23.7 Å². The number of aromatic hydroxyl groups is 3. The minimum Gasteiger partial charge on any atom is -0.504 e. The fraction of sp³-hybridized carbons (Fsp3) is 0.500. The average molecular weight is 639 g/mol. The maximum Gasteiger partial charge on any atom is 0.331 e. The van der Waals surface area contributed by atoms with Crippen molar-refractivity contribution in [2.45, 2.75) is 74.8 Å². The summed E-state index contributed by atoms with van der Waals surface area (Å²) in [5.41, 5.74) is -2.25. The van der Waals surface area contributed by atoms with Crippen LogP contribution in [0.1, 0.15) is 25.0 Å². The van der Waals surface area contributed by atoms with E-state index in [0.29, 0.717) is 5.56 Å². The summed E-state index contributed by atoms with van der Waals surface area (Å²) in [5.74, 6) is -2.14. The van der Waals surface area contributed by atoms with Crippen LogP contribution in [0.4, 0.5) is 0 Å². The summed E-state index contributed by atoms with van der Waals surface area (Å²) in [4.78, 5) is 13.1. The van der Waals surface area contributed by atoms with Crippen LogP contribution in [0.15, 0.2) is 42.5 Å². The molecule has 2 aromatic carbocycles. The first-order chi connectivity index (χ1) is 21.3. The summed E-state index contributed by atoms with van der Waals surface area (Å²) in [6, 6.07) is 7.65. The zero-order valence-electron chi connectivity index (χ0n) is 24.7. The van der Waals surface area contributed by atoms with Crippen LogP contribution in [-0.4, -0.2) is 122 Å². The minimum atomic E-state index is -2.49. The van der Waals surface area contributed by atoms with Crippen molar-refractivity contribution in [1.82, 2.24) is 0 Å². The van der Waals surface area contributed by atoms with Gasteiger partial charge in [0.2, 0.25) is 0 Å². The number of aliphatic hydroxyl groups is 5. The highest BCUT2D eigenvalue weighted by atomic mass is 16.7. The van der Waals surface area contributed by atoms with E-state index in [1.165, 1.54) is 38.3 Å². The quantitative estimate of drug-likeness (QED) is 0.0939. The van der Waals surface area contributed by atoms with Crippen LogP contribution < -0.4 is 4.74 Å². The monoisotopic (exact) mass is 638 g/mol. The highest BCUT2D eigenvalue weighted by Crippen LogP contribution is 2.45. The summed E-state index contributed by atoms with van der Waals surface area (Å²) in [5, 5.41) is 84.2. The molecule has 2 heterocycles. The average Bonchev–Trinajstić information content (AvgIpc) is 3.01. The molecule has 248 valence electrons. The van der Waals surface area contributed by atoms with Gasteiger partial charge >= 0.3 is 5.97 Å². The zero-order valence-corrected chi connectivity index (χ0v) is 24.7. The topological polar surface area (TPSA) is 234 Å². The van der Waals surface area contributed by atoms with Crippen molar-refractivity contribution in [3.8, 4) is 23.0 Å². The molecule has 8 N–H and O–H groups in total. The maximum absolute atomic E-state index is 13.1. The molecule has 15 heteroatoms. The van der Waals surface area contributed by atoms with Crippen LogP contribution in [0.2, 0.25) is 0 Å². The molecule has 0 unspecified atom stereocenters. The van der Waals surface area contributed by atoms with Crippen molar-refractivity contribution in [3.63, 3.8) is 0 Å². The van der Waals surface area contributed by atoms with E-state index in [1.54, 1.807) is 13.0 Å². The number of benzene rings is 2. The lowest BCUT2D eigenvalue weighted by molar-refractivity contribution is -0.387. The number of phenolic OH excluding ortho intramolecular Hbond substituents is 3. The zero-order chi connectivity index (χ0) is 33.1. The Morgan fingerprint density at radius 2 is 1.71 bits per heavy atom. The molecule has 2 aromatic rings. The summed E-state index contributed by atoms with van der Waals surface area (Å²) in [6.45, 7) is 2.18. The van der Waals surface area contributed by atoms with E-state index < -0.39 is 85.0 Å². The summed E-state index contributed by atoms with van der Waals surface area (Å²) < 4.78 is 33.8. The Morgan fingerprint density at radius 1 is 0.978 bits per heavy atom. The predicted molar refractivity (Wildman–Crippen MR) is 152 cm³/mol. The van der Waals surface area contributed by atoms with Crippen LogP contribution in [0.5, 0.6) is 23.0 Å². The first kappa shape index (κ1) is 34.4. The van der Waals surface area contributed by atoms with Crippen molar-refractivity contribution < 1.29 is 74.1 Å². The molecule has 0 aliphatic carbocycles. The molecule has 0 amide bonds. The molecule has 0 saturated carbocycles. The smallest absolute Gasteiger partial charge is 0.331 e. The second-order valence-corrected chi connectivity index (χ2v) is 10.6. The van der Waals surface area contributed by atoms with Gasteiger partial charge in [-0.3, -0.25) is 0 Å². The predicted octanol–water partition coefficient (Wildman–Crippen LogP) is -0.409. The number of hydrogen-bond donors (Lipinski definition) is 8. The first-order valence-corrected chi connectivity index (χ1v) is 14.1. The van der Waals surface area contributed by atoms with E-state index in [4.69, 9.17) is 28.4 Å². The normalized spacial score (nSPS) is 33.6.